The van der Waals surface area contributed by atoms with Gasteiger partial charge in [-0.2, -0.15) is 0 Å². The molecule has 0 spiro atoms. The molecule has 0 amide bonds. The number of rotatable bonds is 3. The number of anilines is 1. The van der Waals surface area contributed by atoms with Crippen LogP contribution in [-0.2, 0) is 0 Å². The molecule has 5 heteroatoms. The molecule has 1 fully saturated rings. The lowest BCUT2D eigenvalue weighted by molar-refractivity contribution is 0.293. The van der Waals surface area contributed by atoms with Crippen molar-refractivity contribution in [2.45, 2.75) is 39.8 Å². The van der Waals surface area contributed by atoms with Crippen LogP contribution in [0.3, 0.4) is 0 Å². The summed E-state index contributed by atoms with van der Waals surface area (Å²) < 4.78 is 28.3. The lowest BCUT2D eigenvalue weighted by Crippen LogP contribution is -2.60. The minimum Gasteiger partial charge on any atom is -0.363 e. The molecule has 0 bridgehead atoms. The molecule has 1 aromatic rings. The second-order valence-corrected chi connectivity index (χ2v) is 7.29. The first-order valence-corrected chi connectivity index (χ1v) is 8.25. The van der Waals surface area contributed by atoms with Crippen molar-refractivity contribution in [2.75, 3.05) is 18.0 Å². The van der Waals surface area contributed by atoms with Gasteiger partial charge in [-0.3, -0.25) is 0 Å². The number of halogens is 3. The monoisotopic (exact) mass is 360 g/mol. The quantitative estimate of drug-likeness (QED) is 0.813. The molecular weight excluding hydrogens is 338 g/mol. The minimum atomic E-state index is -0.423. The van der Waals surface area contributed by atoms with E-state index in [1.54, 1.807) is 0 Å². The molecule has 2 unspecified atom stereocenters. The third-order valence-electron chi connectivity index (χ3n) is 4.26. The van der Waals surface area contributed by atoms with Crippen LogP contribution in [0.5, 0.6) is 0 Å². The molecule has 2 rings (SSSR count). The van der Waals surface area contributed by atoms with Gasteiger partial charge in [0.15, 0.2) is 0 Å². The number of hydrogen-bond acceptors (Lipinski definition) is 2. The Morgan fingerprint density at radius 1 is 1.14 bits per heavy atom. The molecule has 0 aromatic heterocycles. The van der Waals surface area contributed by atoms with E-state index in [4.69, 9.17) is 0 Å². The highest BCUT2D eigenvalue weighted by molar-refractivity contribution is 9.10. The van der Waals surface area contributed by atoms with Crippen molar-refractivity contribution in [3.8, 4) is 0 Å². The van der Waals surface area contributed by atoms with Crippen LogP contribution in [0.2, 0.25) is 0 Å². The van der Waals surface area contributed by atoms with E-state index >= 15 is 0 Å². The summed E-state index contributed by atoms with van der Waals surface area (Å²) in [5.41, 5.74) is 0.363. The zero-order valence-corrected chi connectivity index (χ0v) is 14.5. The van der Waals surface area contributed by atoms with E-state index < -0.39 is 5.82 Å². The average Bonchev–Trinajstić information content (AvgIpc) is 2.42. The van der Waals surface area contributed by atoms with Gasteiger partial charge in [-0.05, 0) is 33.8 Å². The first-order valence-electron chi connectivity index (χ1n) is 7.45. The standard InChI is InChI=1S/C16H23BrF2N2/c1-9(2)14-8-21(16(7-20-14)10(3)4)15-6-12(18)11(17)5-13(15)19/h5-6,9-10,14,16,20H,7-8H2,1-4H3. The highest BCUT2D eigenvalue weighted by Crippen LogP contribution is 2.31. The molecule has 118 valence electrons. The summed E-state index contributed by atoms with van der Waals surface area (Å²) in [7, 11) is 0. The lowest BCUT2D eigenvalue weighted by Gasteiger charge is -2.45. The molecule has 21 heavy (non-hydrogen) atoms. The number of nitrogens with zero attached hydrogens (tertiary/aromatic N) is 1. The van der Waals surface area contributed by atoms with Crippen LogP contribution in [0.15, 0.2) is 16.6 Å². The van der Waals surface area contributed by atoms with E-state index in [9.17, 15) is 8.78 Å². The van der Waals surface area contributed by atoms with Crippen LogP contribution in [0.1, 0.15) is 27.7 Å². The van der Waals surface area contributed by atoms with E-state index in [-0.39, 0.29) is 22.4 Å². The second kappa shape index (κ2) is 6.61. The van der Waals surface area contributed by atoms with Crippen molar-refractivity contribution in [3.05, 3.63) is 28.2 Å². The van der Waals surface area contributed by atoms with Crippen LogP contribution in [0, 0.1) is 23.5 Å². The van der Waals surface area contributed by atoms with E-state index in [1.807, 2.05) is 4.90 Å². The smallest absolute Gasteiger partial charge is 0.147 e. The van der Waals surface area contributed by atoms with Gasteiger partial charge in [0.25, 0.3) is 0 Å². The molecule has 0 saturated carbocycles. The Balaban J connectivity index is 2.38. The highest BCUT2D eigenvalue weighted by Gasteiger charge is 2.32. The molecule has 2 atom stereocenters. The maximum absolute atomic E-state index is 14.3. The van der Waals surface area contributed by atoms with Crippen LogP contribution in [0.25, 0.3) is 0 Å². The van der Waals surface area contributed by atoms with Gasteiger partial charge in [0.2, 0.25) is 0 Å². The fourth-order valence-corrected chi connectivity index (χ4v) is 3.16. The molecule has 1 aliphatic heterocycles. The topological polar surface area (TPSA) is 15.3 Å². The van der Waals surface area contributed by atoms with Gasteiger partial charge in [0.05, 0.1) is 10.2 Å². The summed E-state index contributed by atoms with van der Waals surface area (Å²) in [5.74, 6) is 0.00700. The number of piperazine rings is 1. The maximum Gasteiger partial charge on any atom is 0.147 e. The van der Waals surface area contributed by atoms with Crippen molar-refractivity contribution >= 4 is 21.6 Å². The Morgan fingerprint density at radius 3 is 2.38 bits per heavy atom. The summed E-state index contributed by atoms with van der Waals surface area (Å²) in [6.07, 6.45) is 0. The van der Waals surface area contributed by atoms with Gasteiger partial charge >= 0.3 is 0 Å². The molecule has 1 aliphatic rings. The first kappa shape index (κ1) is 16.7. The van der Waals surface area contributed by atoms with E-state index in [0.717, 1.165) is 6.54 Å². The van der Waals surface area contributed by atoms with Gasteiger partial charge in [0.1, 0.15) is 11.6 Å². The summed E-state index contributed by atoms with van der Waals surface area (Å²) in [5, 5.41) is 3.53. The molecule has 1 aromatic carbocycles. The minimum absolute atomic E-state index is 0.162. The molecule has 1 heterocycles. The largest absolute Gasteiger partial charge is 0.363 e. The maximum atomic E-state index is 14.3. The van der Waals surface area contributed by atoms with Gasteiger partial charge in [-0.1, -0.05) is 27.7 Å². The molecular formula is C16H23BrF2N2. The van der Waals surface area contributed by atoms with Gasteiger partial charge in [0, 0.05) is 31.2 Å². The fourth-order valence-electron chi connectivity index (χ4n) is 2.85. The van der Waals surface area contributed by atoms with Crippen LogP contribution >= 0.6 is 15.9 Å². The summed E-state index contributed by atoms with van der Waals surface area (Å²) in [6, 6.07) is 2.97. The van der Waals surface area contributed by atoms with Crippen LogP contribution in [0.4, 0.5) is 14.5 Å². The van der Waals surface area contributed by atoms with Crippen molar-refractivity contribution in [3.63, 3.8) is 0 Å². The molecule has 2 nitrogen and oxygen atoms in total. The molecule has 1 saturated heterocycles. The second-order valence-electron chi connectivity index (χ2n) is 6.44. The van der Waals surface area contributed by atoms with E-state index in [0.29, 0.717) is 24.1 Å². The van der Waals surface area contributed by atoms with Crippen molar-refractivity contribution in [2.24, 2.45) is 11.8 Å². The zero-order valence-electron chi connectivity index (χ0n) is 13.0. The summed E-state index contributed by atoms with van der Waals surface area (Å²) in [6.45, 7) is 9.99. The number of hydrogen-bond donors (Lipinski definition) is 1. The third-order valence-corrected chi connectivity index (χ3v) is 4.86. The van der Waals surface area contributed by atoms with Crippen molar-refractivity contribution in [1.29, 1.82) is 0 Å². The predicted octanol–water partition coefficient (Wildman–Crippen LogP) is 4.19. The van der Waals surface area contributed by atoms with Crippen molar-refractivity contribution < 1.29 is 8.78 Å². The lowest BCUT2D eigenvalue weighted by atomic mass is 9.93. The average molecular weight is 361 g/mol. The summed E-state index contributed by atoms with van der Waals surface area (Å²) >= 11 is 3.04. The predicted molar refractivity (Wildman–Crippen MR) is 86.7 cm³/mol. The van der Waals surface area contributed by atoms with Gasteiger partial charge in [-0.25, -0.2) is 8.78 Å². The van der Waals surface area contributed by atoms with E-state index in [1.165, 1.54) is 12.1 Å². The highest BCUT2D eigenvalue weighted by atomic mass is 79.9. The molecule has 1 N–H and O–H groups in total. The number of benzene rings is 1. The SMILES string of the molecule is CC(C)C1CN(c2cc(F)c(Br)cc2F)C(C(C)C)CN1. The molecule has 0 aliphatic carbocycles. The Morgan fingerprint density at radius 2 is 1.81 bits per heavy atom. The first-order chi connectivity index (χ1) is 9.81. The van der Waals surface area contributed by atoms with Gasteiger partial charge < -0.3 is 10.2 Å². The normalized spacial score (nSPS) is 23.2. The molecule has 0 radical (unpaired) electrons. The van der Waals surface area contributed by atoms with Crippen LogP contribution < -0.4 is 10.2 Å². The Kier molecular flexibility index (Phi) is 5.25. The summed E-state index contributed by atoms with van der Waals surface area (Å²) in [4.78, 5) is 2.02. The van der Waals surface area contributed by atoms with Crippen molar-refractivity contribution in [1.82, 2.24) is 5.32 Å². The van der Waals surface area contributed by atoms with E-state index in [2.05, 4.69) is 48.9 Å². The zero-order chi connectivity index (χ0) is 15.7. The Hall–Kier alpha value is -0.680. The third kappa shape index (κ3) is 3.57. The number of nitrogens with one attached hydrogen (secondary N) is 1. The Bertz CT molecular complexity index is 505. The fraction of sp³-hybridized carbons (Fsp3) is 0.625. The Labute approximate surface area is 134 Å². The van der Waals surface area contributed by atoms with Crippen LogP contribution in [-0.4, -0.2) is 25.2 Å². The van der Waals surface area contributed by atoms with Gasteiger partial charge in [-0.15, -0.1) is 0 Å².